The number of hydrogen-bond acceptors (Lipinski definition) is 4. The molecule has 0 atom stereocenters. The number of amides is 1. The molecular formula is C17H17FN2O3S. The van der Waals surface area contributed by atoms with E-state index >= 15 is 0 Å². The van der Waals surface area contributed by atoms with Gasteiger partial charge >= 0.3 is 5.97 Å². The Hall–Kier alpha value is -2.25. The number of hydrogen-bond donors (Lipinski definition) is 1. The molecule has 3 rings (SSSR count). The van der Waals surface area contributed by atoms with E-state index in [0.29, 0.717) is 37.6 Å². The summed E-state index contributed by atoms with van der Waals surface area (Å²) in [5.74, 6) is -1.69. The Morgan fingerprint density at radius 2 is 1.88 bits per heavy atom. The molecule has 2 heterocycles. The predicted octanol–water partition coefficient (Wildman–Crippen LogP) is 2.54. The fraction of sp³-hybridized carbons (Fsp3) is 0.294. The molecule has 126 valence electrons. The Kier molecular flexibility index (Phi) is 4.92. The van der Waals surface area contributed by atoms with Crippen LogP contribution >= 0.6 is 11.3 Å². The van der Waals surface area contributed by atoms with Gasteiger partial charge in [-0.05, 0) is 29.1 Å². The average Bonchev–Trinajstić information content (AvgIpc) is 3.04. The minimum Gasteiger partial charge on any atom is -0.477 e. The lowest BCUT2D eigenvalue weighted by atomic mass is 10.1. The number of rotatable bonds is 4. The quantitative estimate of drug-likeness (QED) is 0.922. The fourth-order valence-corrected chi connectivity index (χ4v) is 3.48. The Morgan fingerprint density at radius 1 is 1.17 bits per heavy atom. The summed E-state index contributed by atoms with van der Waals surface area (Å²) >= 11 is 1.22. The molecule has 1 aromatic carbocycles. The van der Waals surface area contributed by atoms with Crippen LogP contribution in [0.5, 0.6) is 0 Å². The third kappa shape index (κ3) is 3.63. The number of nitrogens with zero attached hydrogens (tertiary/aromatic N) is 2. The van der Waals surface area contributed by atoms with Crippen LogP contribution in [0.4, 0.5) is 4.39 Å². The maximum atomic E-state index is 13.7. The highest BCUT2D eigenvalue weighted by Gasteiger charge is 2.24. The zero-order chi connectivity index (χ0) is 17.1. The van der Waals surface area contributed by atoms with Crippen molar-refractivity contribution in [3.8, 4) is 0 Å². The Bertz CT molecular complexity index is 754. The molecule has 24 heavy (non-hydrogen) atoms. The van der Waals surface area contributed by atoms with Crippen molar-refractivity contribution in [2.24, 2.45) is 0 Å². The van der Waals surface area contributed by atoms with Gasteiger partial charge in [-0.3, -0.25) is 9.69 Å². The minimum absolute atomic E-state index is 0.106. The summed E-state index contributed by atoms with van der Waals surface area (Å²) < 4.78 is 13.7. The van der Waals surface area contributed by atoms with Crippen molar-refractivity contribution >= 4 is 23.2 Å². The van der Waals surface area contributed by atoms with Gasteiger partial charge in [0.05, 0.1) is 5.56 Å². The number of thiophene rings is 1. The van der Waals surface area contributed by atoms with E-state index in [0.717, 1.165) is 5.56 Å². The van der Waals surface area contributed by atoms with Crippen molar-refractivity contribution in [2.75, 3.05) is 26.2 Å². The number of carbonyl (C=O) groups is 2. The lowest BCUT2D eigenvalue weighted by Gasteiger charge is -2.34. The van der Waals surface area contributed by atoms with Gasteiger partial charge in [0.1, 0.15) is 10.7 Å². The zero-order valence-electron chi connectivity index (χ0n) is 12.9. The molecule has 0 radical (unpaired) electrons. The van der Waals surface area contributed by atoms with E-state index in [9.17, 15) is 14.0 Å². The first-order valence-corrected chi connectivity index (χ1v) is 8.49. The second kappa shape index (κ2) is 7.11. The van der Waals surface area contributed by atoms with Gasteiger partial charge in [-0.1, -0.05) is 12.1 Å². The van der Waals surface area contributed by atoms with Gasteiger partial charge in [0.2, 0.25) is 0 Å². The number of aromatic carboxylic acids is 1. The summed E-state index contributed by atoms with van der Waals surface area (Å²) in [4.78, 5) is 27.4. The van der Waals surface area contributed by atoms with Crippen LogP contribution in [0.15, 0.2) is 35.7 Å². The van der Waals surface area contributed by atoms with Crippen LogP contribution in [0.1, 0.15) is 25.6 Å². The van der Waals surface area contributed by atoms with E-state index in [2.05, 4.69) is 4.90 Å². The van der Waals surface area contributed by atoms with Crippen LogP contribution in [0, 0.1) is 5.82 Å². The molecule has 1 N–H and O–H groups in total. The lowest BCUT2D eigenvalue weighted by molar-refractivity contribution is 0.0622. The van der Waals surface area contributed by atoms with Gasteiger partial charge in [-0.25, -0.2) is 9.18 Å². The number of carboxylic acid groups (broad SMARTS) is 1. The first-order chi connectivity index (χ1) is 11.5. The molecule has 7 heteroatoms. The van der Waals surface area contributed by atoms with Gasteiger partial charge in [0.25, 0.3) is 5.91 Å². The van der Waals surface area contributed by atoms with Crippen LogP contribution in [0.3, 0.4) is 0 Å². The molecule has 1 aromatic heterocycles. The van der Waals surface area contributed by atoms with Crippen LogP contribution in [0.25, 0.3) is 0 Å². The van der Waals surface area contributed by atoms with Crippen molar-refractivity contribution in [2.45, 2.75) is 6.54 Å². The second-order valence-corrected chi connectivity index (χ2v) is 6.58. The van der Waals surface area contributed by atoms with Gasteiger partial charge < -0.3 is 10.0 Å². The van der Waals surface area contributed by atoms with E-state index in [1.54, 1.807) is 23.1 Å². The largest absolute Gasteiger partial charge is 0.477 e. The minimum atomic E-state index is -0.911. The van der Waals surface area contributed by atoms with E-state index in [1.807, 2.05) is 5.38 Å². The summed E-state index contributed by atoms with van der Waals surface area (Å²) in [6.07, 6.45) is 0. The molecule has 1 saturated heterocycles. The summed E-state index contributed by atoms with van der Waals surface area (Å²) in [7, 11) is 0. The topological polar surface area (TPSA) is 60.9 Å². The Labute approximate surface area is 142 Å². The van der Waals surface area contributed by atoms with E-state index < -0.39 is 11.8 Å². The maximum Gasteiger partial charge on any atom is 0.345 e. The molecule has 0 aliphatic carbocycles. The van der Waals surface area contributed by atoms with Crippen molar-refractivity contribution in [1.29, 1.82) is 0 Å². The van der Waals surface area contributed by atoms with E-state index in [1.165, 1.54) is 23.5 Å². The Balaban J connectivity index is 1.56. The van der Waals surface area contributed by atoms with Crippen LogP contribution in [0.2, 0.25) is 0 Å². The SMILES string of the molecule is O=C(O)c1cc(CN2CCN(C(=O)c3ccccc3F)CC2)cs1. The second-order valence-electron chi connectivity index (χ2n) is 5.67. The highest BCUT2D eigenvalue weighted by atomic mass is 32.1. The summed E-state index contributed by atoms with van der Waals surface area (Å²) in [5.41, 5.74) is 1.07. The maximum absolute atomic E-state index is 13.7. The third-order valence-electron chi connectivity index (χ3n) is 4.03. The fourth-order valence-electron chi connectivity index (χ4n) is 2.74. The van der Waals surface area contributed by atoms with Crippen molar-refractivity contribution < 1.29 is 19.1 Å². The van der Waals surface area contributed by atoms with Gasteiger partial charge in [0.15, 0.2) is 0 Å². The van der Waals surface area contributed by atoms with Crippen LogP contribution < -0.4 is 0 Å². The van der Waals surface area contributed by atoms with Gasteiger partial charge in [0, 0.05) is 32.7 Å². The predicted molar refractivity (Wildman–Crippen MR) is 88.9 cm³/mol. The van der Waals surface area contributed by atoms with Crippen LogP contribution in [-0.4, -0.2) is 53.0 Å². The number of benzene rings is 1. The molecule has 1 aliphatic heterocycles. The number of carboxylic acids is 1. The highest BCUT2D eigenvalue weighted by molar-refractivity contribution is 7.12. The zero-order valence-corrected chi connectivity index (χ0v) is 13.8. The van der Waals surface area contributed by atoms with Crippen molar-refractivity contribution in [1.82, 2.24) is 9.80 Å². The van der Waals surface area contributed by atoms with Crippen molar-refractivity contribution in [3.05, 3.63) is 57.5 Å². The molecule has 0 spiro atoms. The normalized spacial score (nSPS) is 15.5. The van der Waals surface area contributed by atoms with E-state index in [4.69, 9.17) is 5.11 Å². The average molecular weight is 348 g/mol. The molecule has 0 saturated carbocycles. The molecule has 1 aliphatic rings. The third-order valence-corrected chi connectivity index (χ3v) is 5.00. The Morgan fingerprint density at radius 3 is 2.50 bits per heavy atom. The van der Waals surface area contributed by atoms with Crippen molar-refractivity contribution in [3.63, 3.8) is 0 Å². The smallest absolute Gasteiger partial charge is 0.345 e. The standard InChI is InChI=1S/C17H17FN2O3S/c18-14-4-2-1-3-13(14)16(21)20-7-5-19(6-8-20)10-12-9-15(17(22)23)24-11-12/h1-4,9,11H,5-8,10H2,(H,22,23). The van der Waals surface area contributed by atoms with Crippen LogP contribution in [-0.2, 0) is 6.54 Å². The van der Waals surface area contributed by atoms with Gasteiger partial charge in [-0.15, -0.1) is 11.3 Å². The molecule has 0 bridgehead atoms. The molecule has 0 unspecified atom stereocenters. The number of piperazine rings is 1. The molecule has 1 amide bonds. The number of halogens is 1. The first kappa shape index (κ1) is 16.6. The lowest BCUT2D eigenvalue weighted by Crippen LogP contribution is -2.48. The summed E-state index contributed by atoms with van der Waals surface area (Å²) in [5, 5.41) is 10.8. The summed E-state index contributed by atoms with van der Waals surface area (Å²) in [6.45, 7) is 3.08. The van der Waals surface area contributed by atoms with E-state index in [-0.39, 0.29) is 11.5 Å². The number of carbonyl (C=O) groups excluding carboxylic acids is 1. The molecular weight excluding hydrogens is 331 g/mol. The molecule has 1 fully saturated rings. The first-order valence-electron chi connectivity index (χ1n) is 7.61. The summed E-state index contributed by atoms with van der Waals surface area (Å²) in [6, 6.07) is 7.70. The van der Waals surface area contributed by atoms with Gasteiger partial charge in [-0.2, -0.15) is 0 Å². The highest BCUT2D eigenvalue weighted by Crippen LogP contribution is 2.18. The molecule has 2 aromatic rings. The molecule has 5 nitrogen and oxygen atoms in total. The monoisotopic (exact) mass is 348 g/mol.